The Morgan fingerprint density at radius 1 is 1.19 bits per heavy atom. The van der Waals surface area contributed by atoms with Crippen LogP contribution in [0.15, 0.2) is 71.0 Å². The quantitative estimate of drug-likeness (QED) is 0.678. The van der Waals surface area contributed by atoms with Crippen molar-refractivity contribution >= 4 is 34.9 Å². The highest BCUT2D eigenvalue weighted by Gasteiger charge is 2.39. The summed E-state index contributed by atoms with van der Waals surface area (Å²) in [5.74, 6) is -2.35. The summed E-state index contributed by atoms with van der Waals surface area (Å²) >= 11 is 6.31. The number of benzene rings is 2. The van der Waals surface area contributed by atoms with Gasteiger partial charge in [0.2, 0.25) is 0 Å². The third-order valence-electron chi connectivity index (χ3n) is 5.65. The van der Waals surface area contributed by atoms with Gasteiger partial charge in [-0.1, -0.05) is 54.1 Å². The molecule has 166 valence electrons. The monoisotopic (exact) mass is 452 g/mol. The van der Waals surface area contributed by atoms with Gasteiger partial charge in [0.25, 0.3) is 5.91 Å². The number of carboxylic acid groups (broad SMARTS) is 1. The number of carboxylic acids is 1. The topological polar surface area (TPSA) is 85.2 Å². The van der Waals surface area contributed by atoms with E-state index in [-0.39, 0.29) is 11.6 Å². The van der Waals surface area contributed by atoms with Crippen LogP contribution in [-0.2, 0) is 16.1 Å². The van der Waals surface area contributed by atoms with Crippen molar-refractivity contribution in [1.82, 2.24) is 10.2 Å². The molecule has 2 aromatic carbocycles. The second-order valence-electron chi connectivity index (χ2n) is 7.94. The first-order valence-corrected chi connectivity index (χ1v) is 11.0. The fourth-order valence-electron chi connectivity index (χ4n) is 3.95. The van der Waals surface area contributed by atoms with Crippen molar-refractivity contribution in [2.75, 3.05) is 24.6 Å². The molecule has 1 unspecified atom stereocenters. The molecule has 7 nitrogen and oxygen atoms in total. The number of aliphatic carboxylic acids is 1. The molecule has 0 aliphatic carbocycles. The van der Waals surface area contributed by atoms with Crippen LogP contribution in [0.4, 0.5) is 5.69 Å². The van der Waals surface area contributed by atoms with Crippen LogP contribution < -0.4 is 10.3 Å². The average molecular weight is 453 g/mol. The van der Waals surface area contributed by atoms with Gasteiger partial charge in [0.1, 0.15) is 0 Å². The van der Waals surface area contributed by atoms with Crippen LogP contribution in [0.2, 0.25) is 5.02 Å². The molecule has 1 amide bonds. The van der Waals surface area contributed by atoms with Crippen molar-refractivity contribution in [3.05, 3.63) is 76.5 Å². The van der Waals surface area contributed by atoms with Crippen molar-refractivity contribution in [1.29, 1.82) is 0 Å². The second kappa shape index (κ2) is 9.54. The molecule has 1 saturated heterocycles. The Bertz CT molecular complexity index is 1080. The highest BCUT2D eigenvalue weighted by Crippen LogP contribution is 2.33. The number of hydrogen-bond acceptors (Lipinski definition) is 5. The zero-order valence-electron chi connectivity index (χ0n) is 17.8. The summed E-state index contributed by atoms with van der Waals surface area (Å²) in [4.78, 5) is 27.6. The summed E-state index contributed by atoms with van der Waals surface area (Å²) in [5, 5.41) is 19.1. The van der Waals surface area contributed by atoms with E-state index in [1.807, 2.05) is 18.2 Å². The number of nitrogens with one attached hydrogen (secondary N) is 1. The number of anilines is 1. The average Bonchev–Trinajstić information content (AvgIpc) is 2.96. The Labute approximate surface area is 192 Å². The van der Waals surface area contributed by atoms with Gasteiger partial charge in [-0.15, -0.1) is 0 Å². The van der Waals surface area contributed by atoms with Gasteiger partial charge in [-0.2, -0.15) is 10.1 Å². The van der Waals surface area contributed by atoms with Crippen molar-refractivity contribution in [2.45, 2.75) is 19.9 Å². The maximum Gasteiger partial charge on any atom is 0.312 e. The molecule has 8 heteroatoms. The minimum Gasteiger partial charge on any atom is -0.481 e. The van der Waals surface area contributed by atoms with Crippen LogP contribution in [-0.4, -0.2) is 47.2 Å². The molecule has 2 aromatic rings. The summed E-state index contributed by atoms with van der Waals surface area (Å²) in [5.41, 5.74) is 2.87. The van der Waals surface area contributed by atoms with Crippen molar-refractivity contribution in [3.63, 3.8) is 0 Å². The second-order valence-corrected chi connectivity index (χ2v) is 8.35. The van der Waals surface area contributed by atoms with Gasteiger partial charge < -0.3 is 10.4 Å². The zero-order valence-corrected chi connectivity index (χ0v) is 18.5. The van der Waals surface area contributed by atoms with Gasteiger partial charge >= 0.3 is 5.97 Å². The summed E-state index contributed by atoms with van der Waals surface area (Å²) in [7, 11) is 0. The maximum absolute atomic E-state index is 13.5. The van der Waals surface area contributed by atoms with E-state index < -0.39 is 11.9 Å². The molecule has 0 spiro atoms. The maximum atomic E-state index is 13.5. The first kappa shape index (κ1) is 22.0. The molecule has 2 aliphatic rings. The lowest BCUT2D eigenvalue weighted by Gasteiger charge is -2.22. The SMILES string of the molecule is CC(C(=O)O)C1=NN(c2ccccc2Cl)C(=O)/C1=C1/CN(Cc2ccccc2)CCCN1. The van der Waals surface area contributed by atoms with Crippen LogP contribution in [0.1, 0.15) is 18.9 Å². The lowest BCUT2D eigenvalue weighted by atomic mass is 9.96. The molecule has 2 aliphatic heterocycles. The van der Waals surface area contributed by atoms with Gasteiger partial charge in [-0.3, -0.25) is 14.5 Å². The van der Waals surface area contributed by atoms with E-state index in [2.05, 4.69) is 27.5 Å². The molecule has 2 heterocycles. The highest BCUT2D eigenvalue weighted by atomic mass is 35.5. The molecule has 0 radical (unpaired) electrons. The normalized spacial score (nSPS) is 20.5. The van der Waals surface area contributed by atoms with E-state index in [1.54, 1.807) is 31.2 Å². The molecule has 1 fully saturated rings. The third-order valence-corrected chi connectivity index (χ3v) is 5.97. The standard InChI is InChI=1S/C24H25ClN4O3/c1-16(24(31)32)22-21(23(30)29(27-22)20-11-6-5-10-18(20)25)19-15-28(13-7-12-26-19)14-17-8-3-2-4-9-17/h2-6,8-11,16,26H,7,12-15H2,1H3,(H,31,32)/b21-19-. The van der Waals surface area contributed by atoms with Crippen LogP contribution in [0.25, 0.3) is 0 Å². The van der Waals surface area contributed by atoms with E-state index in [4.69, 9.17) is 11.6 Å². The largest absolute Gasteiger partial charge is 0.481 e. The highest BCUT2D eigenvalue weighted by molar-refractivity contribution is 6.37. The fraction of sp³-hybridized carbons (Fsp3) is 0.292. The Balaban J connectivity index is 1.72. The molecule has 2 N–H and O–H groups in total. The Morgan fingerprint density at radius 3 is 2.62 bits per heavy atom. The molecule has 4 rings (SSSR count). The number of halogens is 1. The van der Waals surface area contributed by atoms with Gasteiger partial charge in [-0.25, -0.2) is 0 Å². The molecular formula is C24H25ClN4O3. The summed E-state index contributed by atoms with van der Waals surface area (Å²) in [6, 6.07) is 17.1. The lowest BCUT2D eigenvalue weighted by Crippen LogP contribution is -2.32. The van der Waals surface area contributed by atoms with Crippen molar-refractivity contribution in [2.24, 2.45) is 11.0 Å². The van der Waals surface area contributed by atoms with Crippen molar-refractivity contribution < 1.29 is 14.7 Å². The van der Waals surface area contributed by atoms with Crippen LogP contribution in [0, 0.1) is 5.92 Å². The number of amides is 1. The molecule has 0 saturated carbocycles. The molecule has 1 atom stereocenters. The number of para-hydroxylation sites is 1. The van der Waals surface area contributed by atoms with Crippen LogP contribution in [0.3, 0.4) is 0 Å². The Hall–Kier alpha value is -3.16. The van der Waals surface area contributed by atoms with Gasteiger partial charge in [0, 0.05) is 31.9 Å². The molecular weight excluding hydrogens is 428 g/mol. The minimum atomic E-state index is -1.04. The molecule has 0 bridgehead atoms. The van der Waals surface area contributed by atoms with E-state index in [0.717, 1.165) is 19.5 Å². The van der Waals surface area contributed by atoms with E-state index >= 15 is 0 Å². The number of carbonyl (C=O) groups is 2. The van der Waals surface area contributed by atoms with Crippen molar-refractivity contribution in [3.8, 4) is 0 Å². The predicted octanol–water partition coefficient (Wildman–Crippen LogP) is 3.51. The number of carbonyl (C=O) groups excluding carboxylic acids is 1. The zero-order chi connectivity index (χ0) is 22.7. The number of rotatable bonds is 5. The summed E-state index contributed by atoms with van der Waals surface area (Å²) in [6.07, 6.45) is 0.910. The van der Waals surface area contributed by atoms with E-state index in [1.165, 1.54) is 10.6 Å². The third kappa shape index (κ3) is 4.54. The van der Waals surface area contributed by atoms with Gasteiger partial charge in [0.05, 0.1) is 27.9 Å². The summed E-state index contributed by atoms with van der Waals surface area (Å²) in [6.45, 7) is 4.34. The van der Waals surface area contributed by atoms with Gasteiger partial charge in [-0.05, 0) is 31.0 Å². The van der Waals surface area contributed by atoms with E-state index in [0.29, 0.717) is 35.1 Å². The fourth-order valence-corrected chi connectivity index (χ4v) is 4.17. The number of hydrogen-bond donors (Lipinski definition) is 2. The number of nitrogens with zero attached hydrogens (tertiary/aromatic N) is 3. The first-order chi connectivity index (χ1) is 15.5. The van der Waals surface area contributed by atoms with E-state index in [9.17, 15) is 14.7 Å². The minimum absolute atomic E-state index is 0.242. The first-order valence-electron chi connectivity index (χ1n) is 10.6. The number of hydrazone groups is 1. The molecule has 0 aromatic heterocycles. The Kier molecular flexibility index (Phi) is 6.58. The smallest absolute Gasteiger partial charge is 0.312 e. The summed E-state index contributed by atoms with van der Waals surface area (Å²) < 4.78 is 0. The van der Waals surface area contributed by atoms with Crippen LogP contribution in [0.5, 0.6) is 0 Å². The predicted molar refractivity (Wildman–Crippen MR) is 125 cm³/mol. The lowest BCUT2D eigenvalue weighted by molar-refractivity contribution is -0.138. The molecule has 32 heavy (non-hydrogen) atoms. The van der Waals surface area contributed by atoms with Crippen LogP contribution >= 0.6 is 11.6 Å². The Morgan fingerprint density at radius 2 is 1.91 bits per heavy atom. The van der Waals surface area contributed by atoms with Gasteiger partial charge in [0.15, 0.2) is 0 Å².